The molecule has 0 N–H and O–H groups in total. The Bertz CT molecular complexity index is 465. The Morgan fingerprint density at radius 1 is 1.11 bits per heavy atom. The van der Waals surface area contributed by atoms with Gasteiger partial charge < -0.3 is 0 Å². The van der Waals surface area contributed by atoms with Crippen molar-refractivity contribution >= 4 is 5.78 Å². The van der Waals surface area contributed by atoms with Crippen molar-refractivity contribution in [3.05, 3.63) is 35.4 Å². The lowest BCUT2D eigenvalue weighted by Crippen LogP contribution is -2.07. The highest BCUT2D eigenvalue weighted by molar-refractivity contribution is 6.01. The highest BCUT2D eigenvalue weighted by Crippen LogP contribution is 2.69. The molecular weight excluding hydrogens is 232 g/mol. The summed E-state index contributed by atoms with van der Waals surface area (Å²) in [5.41, 5.74) is 2.45. The smallest absolute Gasteiger partial charge is 0.167 e. The Labute approximate surface area is 117 Å². The summed E-state index contributed by atoms with van der Waals surface area (Å²) in [4.78, 5) is 12.6. The van der Waals surface area contributed by atoms with Gasteiger partial charge in [-0.25, -0.2) is 0 Å². The van der Waals surface area contributed by atoms with E-state index in [1.54, 1.807) is 0 Å². The van der Waals surface area contributed by atoms with Crippen molar-refractivity contribution in [2.24, 2.45) is 16.7 Å². The molecule has 0 spiro atoms. The van der Waals surface area contributed by atoms with Crippen LogP contribution in [0.15, 0.2) is 24.3 Å². The fraction of sp³-hybridized carbons (Fsp3) is 0.611. The fourth-order valence-corrected chi connectivity index (χ4v) is 3.23. The first-order valence-electron chi connectivity index (χ1n) is 7.37. The molecule has 0 saturated heterocycles. The van der Waals surface area contributed by atoms with Gasteiger partial charge in [-0.2, -0.15) is 0 Å². The summed E-state index contributed by atoms with van der Waals surface area (Å²) in [6, 6.07) is 8.25. The minimum Gasteiger partial charge on any atom is -0.294 e. The first-order valence-corrected chi connectivity index (χ1v) is 7.37. The standard InChI is InChI=1S/C18H26O/c1-7-12(2)13-8-10-14(11-9-13)15(19)16-17(3,4)18(16,5)6/h8-12,16H,7H2,1-6H3. The summed E-state index contributed by atoms with van der Waals surface area (Å²) in [5, 5.41) is 0. The zero-order chi connectivity index (χ0) is 14.4. The minimum atomic E-state index is 0.124. The zero-order valence-corrected chi connectivity index (χ0v) is 13.1. The summed E-state index contributed by atoms with van der Waals surface area (Å²) in [5.74, 6) is 1.04. The van der Waals surface area contributed by atoms with Gasteiger partial charge in [-0.05, 0) is 28.7 Å². The van der Waals surface area contributed by atoms with Gasteiger partial charge in [0, 0.05) is 11.5 Å². The third kappa shape index (κ3) is 2.13. The van der Waals surface area contributed by atoms with E-state index in [2.05, 4.69) is 53.7 Å². The number of ketones is 1. The lowest BCUT2D eigenvalue weighted by molar-refractivity contribution is 0.0945. The Morgan fingerprint density at radius 3 is 1.95 bits per heavy atom. The van der Waals surface area contributed by atoms with E-state index in [4.69, 9.17) is 0 Å². The number of Topliss-reactive ketones (excluding diaryl/α,β-unsaturated/α-hetero) is 1. The molecule has 1 unspecified atom stereocenters. The van der Waals surface area contributed by atoms with E-state index in [0.29, 0.717) is 11.7 Å². The quantitative estimate of drug-likeness (QED) is 0.689. The number of carbonyl (C=O) groups excluding carboxylic acids is 1. The molecule has 0 aromatic heterocycles. The van der Waals surface area contributed by atoms with E-state index in [-0.39, 0.29) is 16.7 Å². The second kappa shape index (κ2) is 4.47. The average molecular weight is 258 g/mol. The Hall–Kier alpha value is -1.11. The molecule has 0 bridgehead atoms. The van der Waals surface area contributed by atoms with Crippen LogP contribution in [-0.2, 0) is 0 Å². The Kier molecular flexibility index (Phi) is 3.36. The predicted molar refractivity (Wildman–Crippen MR) is 80.5 cm³/mol. The molecule has 0 radical (unpaired) electrons. The minimum absolute atomic E-state index is 0.124. The molecule has 0 aliphatic heterocycles. The Morgan fingerprint density at radius 2 is 1.58 bits per heavy atom. The van der Waals surface area contributed by atoms with E-state index in [0.717, 1.165) is 12.0 Å². The third-order valence-corrected chi connectivity index (χ3v) is 5.66. The summed E-state index contributed by atoms with van der Waals surface area (Å²) in [7, 11) is 0. The van der Waals surface area contributed by atoms with Crippen LogP contribution in [0.3, 0.4) is 0 Å². The first-order chi connectivity index (χ1) is 8.73. The third-order valence-electron chi connectivity index (χ3n) is 5.66. The second-order valence-electron chi connectivity index (χ2n) is 7.17. The van der Waals surface area contributed by atoms with Crippen LogP contribution in [0.4, 0.5) is 0 Å². The van der Waals surface area contributed by atoms with Crippen LogP contribution < -0.4 is 0 Å². The van der Waals surface area contributed by atoms with E-state index < -0.39 is 0 Å². The number of carbonyl (C=O) groups is 1. The van der Waals surface area contributed by atoms with Gasteiger partial charge in [0.25, 0.3) is 0 Å². The number of benzene rings is 1. The van der Waals surface area contributed by atoms with Crippen LogP contribution >= 0.6 is 0 Å². The van der Waals surface area contributed by atoms with Crippen molar-refractivity contribution in [2.45, 2.75) is 53.9 Å². The molecule has 1 aromatic carbocycles. The van der Waals surface area contributed by atoms with Gasteiger partial charge in [0.1, 0.15) is 0 Å². The molecule has 1 nitrogen and oxygen atoms in total. The van der Waals surface area contributed by atoms with Crippen molar-refractivity contribution in [3.63, 3.8) is 0 Å². The van der Waals surface area contributed by atoms with Crippen molar-refractivity contribution in [1.82, 2.24) is 0 Å². The van der Waals surface area contributed by atoms with E-state index in [1.807, 2.05) is 12.1 Å². The predicted octanol–water partition coefficient (Wildman–Crippen LogP) is 5.07. The van der Waals surface area contributed by atoms with Crippen molar-refractivity contribution < 1.29 is 4.79 Å². The van der Waals surface area contributed by atoms with Crippen LogP contribution in [0.25, 0.3) is 0 Å². The van der Waals surface area contributed by atoms with Crippen molar-refractivity contribution in [1.29, 1.82) is 0 Å². The highest BCUT2D eigenvalue weighted by atomic mass is 16.1. The first kappa shape index (κ1) is 14.3. The van der Waals surface area contributed by atoms with Gasteiger partial charge in [-0.1, -0.05) is 65.8 Å². The second-order valence-corrected chi connectivity index (χ2v) is 7.17. The van der Waals surface area contributed by atoms with Crippen LogP contribution in [0.5, 0.6) is 0 Å². The molecule has 2 rings (SSSR count). The number of rotatable bonds is 4. The largest absolute Gasteiger partial charge is 0.294 e. The summed E-state index contributed by atoms with van der Waals surface area (Å²) in [6.45, 7) is 13.2. The van der Waals surface area contributed by atoms with Crippen LogP contribution in [0, 0.1) is 16.7 Å². The monoisotopic (exact) mass is 258 g/mol. The molecule has 19 heavy (non-hydrogen) atoms. The maximum atomic E-state index is 12.6. The van der Waals surface area contributed by atoms with E-state index >= 15 is 0 Å². The SMILES string of the molecule is CCC(C)c1ccc(C(=O)C2C(C)(C)C2(C)C)cc1. The molecule has 0 heterocycles. The lowest BCUT2D eigenvalue weighted by atomic mass is 9.95. The van der Waals surface area contributed by atoms with Gasteiger partial charge in [0.05, 0.1) is 0 Å². The van der Waals surface area contributed by atoms with Gasteiger partial charge in [0.15, 0.2) is 5.78 Å². The maximum Gasteiger partial charge on any atom is 0.167 e. The Balaban J connectivity index is 2.18. The van der Waals surface area contributed by atoms with Gasteiger partial charge in [0.2, 0.25) is 0 Å². The molecule has 1 atom stereocenters. The summed E-state index contributed by atoms with van der Waals surface area (Å²) < 4.78 is 0. The number of hydrogen-bond donors (Lipinski definition) is 0. The van der Waals surface area contributed by atoms with Gasteiger partial charge in [-0.3, -0.25) is 4.79 Å². The molecule has 1 fully saturated rings. The molecule has 1 aliphatic rings. The summed E-state index contributed by atoms with van der Waals surface area (Å²) >= 11 is 0. The van der Waals surface area contributed by atoms with E-state index in [1.165, 1.54) is 5.56 Å². The molecule has 104 valence electrons. The zero-order valence-electron chi connectivity index (χ0n) is 13.1. The highest BCUT2D eigenvalue weighted by Gasteiger charge is 2.67. The molecule has 0 amide bonds. The molecule has 1 aromatic rings. The number of hydrogen-bond acceptors (Lipinski definition) is 1. The normalized spacial score (nSPS) is 22.0. The average Bonchev–Trinajstić information content (AvgIpc) is 2.78. The topological polar surface area (TPSA) is 17.1 Å². The van der Waals surface area contributed by atoms with Gasteiger partial charge in [-0.15, -0.1) is 0 Å². The van der Waals surface area contributed by atoms with Crippen LogP contribution in [-0.4, -0.2) is 5.78 Å². The molecule has 1 heteroatoms. The molecular formula is C18H26O. The van der Waals surface area contributed by atoms with Crippen LogP contribution in [0.1, 0.15) is 69.8 Å². The fourth-order valence-electron chi connectivity index (χ4n) is 3.23. The lowest BCUT2D eigenvalue weighted by Gasteiger charge is -2.09. The van der Waals surface area contributed by atoms with Crippen molar-refractivity contribution in [2.75, 3.05) is 0 Å². The molecule has 1 saturated carbocycles. The maximum absolute atomic E-state index is 12.6. The van der Waals surface area contributed by atoms with Gasteiger partial charge >= 0.3 is 0 Å². The van der Waals surface area contributed by atoms with Crippen LogP contribution in [0.2, 0.25) is 0 Å². The van der Waals surface area contributed by atoms with Crippen molar-refractivity contribution in [3.8, 4) is 0 Å². The summed E-state index contributed by atoms with van der Waals surface area (Å²) in [6.07, 6.45) is 1.13. The van der Waals surface area contributed by atoms with E-state index in [9.17, 15) is 4.79 Å². The molecule has 1 aliphatic carbocycles.